The molecule has 2 heterocycles. The number of ketones is 1. The maximum Gasteiger partial charge on any atom is 0.427 e. The van der Waals surface area contributed by atoms with E-state index >= 15 is 0 Å². The summed E-state index contributed by atoms with van der Waals surface area (Å²) in [6.45, 7) is 6.37. The van der Waals surface area contributed by atoms with Crippen LogP contribution in [0, 0.1) is 6.92 Å². The highest BCUT2D eigenvalue weighted by molar-refractivity contribution is 7.17. The van der Waals surface area contributed by atoms with Gasteiger partial charge in [0, 0.05) is 11.9 Å². The average molecular weight is 274 g/mol. The Hall–Kier alpha value is -1.63. The summed E-state index contributed by atoms with van der Waals surface area (Å²) in [5.41, 5.74) is 0.454. The predicted octanol–water partition coefficient (Wildman–Crippen LogP) is 3.48. The minimum atomic E-state index is -4.39. The topological polar surface area (TPSA) is 34.4 Å². The minimum Gasteiger partial charge on any atom is -0.294 e. The third-order valence-corrected chi connectivity index (χ3v) is 3.64. The Morgan fingerprint density at radius 2 is 2.11 bits per heavy atom. The average Bonchev–Trinajstić information content (AvgIpc) is 2.76. The molecule has 2 aromatic rings. The van der Waals surface area contributed by atoms with Crippen molar-refractivity contribution in [1.29, 1.82) is 0 Å². The summed E-state index contributed by atoms with van der Waals surface area (Å²) in [5.74, 6) is -0.362. The molecule has 0 saturated heterocycles. The van der Waals surface area contributed by atoms with Crippen LogP contribution in [0.15, 0.2) is 18.3 Å². The molecule has 0 aliphatic heterocycles. The first kappa shape index (κ1) is 12.8. The summed E-state index contributed by atoms with van der Waals surface area (Å²) in [6, 6.07) is 0. The van der Waals surface area contributed by atoms with Crippen LogP contribution in [0.25, 0.3) is 4.96 Å². The number of aryl methyl sites for hydroxylation is 1. The van der Waals surface area contributed by atoms with Crippen LogP contribution in [0.4, 0.5) is 13.2 Å². The highest BCUT2D eigenvalue weighted by Crippen LogP contribution is 2.37. The van der Waals surface area contributed by atoms with Crippen molar-refractivity contribution in [3.63, 3.8) is 0 Å². The smallest absolute Gasteiger partial charge is 0.294 e. The number of carbonyl (C=O) groups is 1. The van der Waals surface area contributed by atoms with Gasteiger partial charge in [0.05, 0.1) is 0 Å². The lowest BCUT2D eigenvalue weighted by atomic mass is 10.2. The number of halogens is 3. The molecule has 0 fully saturated rings. The summed E-state index contributed by atoms with van der Waals surface area (Å²) < 4.78 is 39.2. The number of fused-ring (bicyclic) bond motifs is 1. The molecule has 0 aliphatic rings. The Balaban J connectivity index is 2.57. The molecule has 96 valence electrons. The molecule has 0 bridgehead atoms. The van der Waals surface area contributed by atoms with Crippen LogP contribution >= 0.6 is 11.3 Å². The maximum atomic E-state index is 12.6. The Morgan fingerprint density at radius 3 is 2.56 bits per heavy atom. The molecular formula is C11H9F3N2OS. The van der Waals surface area contributed by atoms with E-state index < -0.39 is 11.1 Å². The molecule has 0 aromatic carbocycles. The number of nitrogens with zero attached hydrogens (tertiary/aromatic N) is 2. The second-order valence-corrected chi connectivity index (χ2v) is 4.88. The molecule has 0 unspecified atom stereocenters. The van der Waals surface area contributed by atoms with E-state index in [1.165, 1.54) is 24.4 Å². The van der Waals surface area contributed by atoms with Gasteiger partial charge in [-0.1, -0.05) is 17.9 Å². The van der Waals surface area contributed by atoms with Crippen LogP contribution in [0.3, 0.4) is 0 Å². The summed E-state index contributed by atoms with van der Waals surface area (Å²) >= 11 is 0.526. The van der Waals surface area contributed by atoms with Crippen molar-refractivity contribution in [3.05, 3.63) is 34.6 Å². The second-order valence-electron chi connectivity index (χ2n) is 3.90. The van der Waals surface area contributed by atoms with Crippen LogP contribution in [-0.4, -0.2) is 15.2 Å². The largest absolute Gasteiger partial charge is 0.427 e. The molecule has 2 aromatic heterocycles. The molecule has 3 nitrogen and oxygen atoms in total. The molecule has 0 atom stereocenters. The van der Waals surface area contributed by atoms with Gasteiger partial charge < -0.3 is 0 Å². The van der Waals surface area contributed by atoms with Crippen LogP contribution in [0.5, 0.6) is 0 Å². The normalized spacial score (nSPS) is 12.1. The zero-order chi connectivity index (χ0) is 13.7. The van der Waals surface area contributed by atoms with Gasteiger partial charge in [-0.05, 0) is 19.4 Å². The molecule has 18 heavy (non-hydrogen) atoms. The zero-order valence-electron chi connectivity index (χ0n) is 9.63. The number of aromatic nitrogens is 2. The van der Waals surface area contributed by atoms with Crippen molar-refractivity contribution in [2.45, 2.75) is 20.0 Å². The van der Waals surface area contributed by atoms with Crippen molar-refractivity contribution in [2.75, 3.05) is 0 Å². The van der Waals surface area contributed by atoms with Crippen LogP contribution in [0.1, 0.15) is 28.0 Å². The van der Waals surface area contributed by atoms with Gasteiger partial charge in [0.1, 0.15) is 10.6 Å². The van der Waals surface area contributed by atoms with Crippen LogP contribution < -0.4 is 0 Å². The first-order chi connectivity index (χ1) is 8.21. The van der Waals surface area contributed by atoms with Gasteiger partial charge in [-0.3, -0.25) is 9.20 Å². The number of imidazole rings is 1. The van der Waals surface area contributed by atoms with E-state index in [0.717, 1.165) is 0 Å². The fourth-order valence-corrected chi connectivity index (χ4v) is 2.52. The molecule has 0 aliphatic carbocycles. The second kappa shape index (κ2) is 3.94. The monoisotopic (exact) mass is 274 g/mol. The Labute approximate surface area is 105 Å². The van der Waals surface area contributed by atoms with E-state index in [-0.39, 0.29) is 22.1 Å². The fourth-order valence-electron chi connectivity index (χ4n) is 1.54. The van der Waals surface area contributed by atoms with Gasteiger partial charge in [-0.2, -0.15) is 13.2 Å². The van der Waals surface area contributed by atoms with Gasteiger partial charge in [-0.15, -0.1) is 0 Å². The number of allylic oxidation sites excluding steroid dienone is 1. The standard InChI is InChI=1S/C11H9F3N2OS/c1-5(2)8(17)7-4-16-6(3)9(11(12,13)14)18-10(16)15-7/h4H,1H2,2-3H3. The first-order valence-corrected chi connectivity index (χ1v) is 5.79. The summed E-state index contributed by atoms with van der Waals surface area (Å²) in [4.78, 5) is 15.0. The lowest BCUT2D eigenvalue weighted by Gasteiger charge is -2.03. The molecule has 7 heteroatoms. The maximum absolute atomic E-state index is 12.6. The predicted molar refractivity (Wildman–Crippen MR) is 62.0 cm³/mol. The summed E-state index contributed by atoms with van der Waals surface area (Å²) in [7, 11) is 0. The first-order valence-electron chi connectivity index (χ1n) is 4.97. The third kappa shape index (κ3) is 1.94. The van der Waals surface area contributed by atoms with Crippen molar-refractivity contribution in [2.24, 2.45) is 0 Å². The Kier molecular flexibility index (Phi) is 2.81. The van der Waals surface area contributed by atoms with Gasteiger partial charge in [0.25, 0.3) is 0 Å². The van der Waals surface area contributed by atoms with Crippen LogP contribution in [-0.2, 0) is 6.18 Å². The number of carbonyl (C=O) groups excluding carboxylic acids is 1. The van der Waals surface area contributed by atoms with Gasteiger partial charge >= 0.3 is 6.18 Å². The lowest BCUT2D eigenvalue weighted by molar-refractivity contribution is -0.135. The molecule has 0 radical (unpaired) electrons. The van der Waals surface area contributed by atoms with Crippen molar-refractivity contribution >= 4 is 22.1 Å². The number of rotatable bonds is 2. The van der Waals surface area contributed by atoms with E-state index in [1.807, 2.05) is 0 Å². The van der Waals surface area contributed by atoms with Crippen LogP contribution in [0.2, 0.25) is 0 Å². The van der Waals surface area contributed by atoms with Crippen molar-refractivity contribution < 1.29 is 18.0 Å². The van der Waals surface area contributed by atoms with Gasteiger partial charge in [-0.25, -0.2) is 4.98 Å². The minimum absolute atomic E-state index is 0.0377. The van der Waals surface area contributed by atoms with E-state index in [2.05, 4.69) is 11.6 Å². The molecule has 0 saturated carbocycles. The number of Topliss-reactive ketones (excluding diaryl/α,β-unsaturated/α-hetero) is 1. The molecule has 0 amide bonds. The van der Waals surface area contributed by atoms with Gasteiger partial charge in [0.15, 0.2) is 4.96 Å². The highest BCUT2D eigenvalue weighted by Gasteiger charge is 2.36. The molecular weight excluding hydrogens is 265 g/mol. The van der Waals surface area contributed by atoms with Gasteiger partial charge in [0.2, 0.25) is 5.78 Å². The zero-order valence-corrected chi connectivity index (χ0v) is 10.4. The van der Waals surface area contributed by atoms with E-state index in [4.69, 9.17) is 0 Å². The Morgan fingerprint density at radius 1 is 1.50 bits per heavy atom. The fraction of sp³-hybridized carbons (Fsp3) is 0.273. The highest BCUT2D eigenvalue weighted by atomic mass is 32.1. The lowest BCUT2D eigenvalue weighted by Crippen LogP contribution is -2.05. The molecule has 0 spiro atoms. The van der Waals surface area contributed by atoms with Crippen molar-refractivity contribution in [1.82, 2.24) is 9.38 Å². The number of alkyl halides is 3. The number of thiazole rings is 1. The van der Waals surface area contributed by atoms with E-state index in [1.54, 1.807) is 0 Å². The third-order valence-electron chi connectivity index (χ3n) is 2.43. The quantitative estimate of drug-likeness (QED) is 0.620. The molecule has 0 N–H and O–H groups in total. The van der Waals surface area contributed by atoms with E-state index in [0.29, 0.717) is 16.9 Å². The van der Waals surface area contributed by atoms with Crippen molar-refractivity contribution in [3.8, 4) is 0 Å². The summed E-state index contributed by atoms with van der Waals surface area (Å²) in [5, 5.41) is 0. The summed E-state index contributed by atoms with van der Waals surface area (Å²) in [6.07, 6.45) is -3.08. The number of hydrogen-bond donors (Lipinski definition) is 0. The molecule has 2 rings (SSSR count). The van der Waals surface area contributed by atoms with E-state index in [9.17, 15) is 18.0 Å². The number of hydrogen-bond acceptors (Lipinski definition) is 3. The SMILES string of the molecule is C=C(C)C(=O)c1cn2c(C)c(C(F)(F)F)sc2n1. The Bertz CT molecular complexity index is 651.